The first-order chi connectivity index (χ1) is 54.8. The lowest BCUT2D eigenvalue weighted by atomic mass is 10.3. The third-order valence-electron chi connectivity index (χ3n) is 13.3. The van der Waals surface area contributed by atoms with Gasteiger partial charge in [-0.25, -0.2) is 9.59 Å². The number of allylic oxidation sites excluding steroid dienone is 1. The number of aliphatic hydroxyl groups excluding tert-OH is 2. The maximum atomic E-state index is 11.2. The molecule has 7 N–H and O–H groups in total. The number of esters is 1. The summed E-state index contributed by atoms with van der Waals surface area (Å²) in [7, 11) is 1.28. The van der Waals surface area contributed by atoms with Crippen LogP contribution in [0.1, 0.15) is 97.2 Å². The number of rotatable bonds is 24. The Morgan fingerprint density at radius 1 is 0.416 bits per heavy atom. The highest BCUT2D eigenvalue weighted by Gasteiger charge is 2.11. The predicted octanol–water partition coefficient (Wildman–Crippen LogP) is 13.9. The van der Waals surface area contributed by atoms with Gasteiger partial charge in [0.1, 0.15) is 127 Å². The van der Waals surface area contributed by atoms with Gasteiger partial charge in [0.15, 0.2) is 28.8 Å². The lowest BCUT2D eigenvalue weighted by Crippen LogP contribution is -2.05. The van der Waals surface area contributed by atoms with Crippen LogP contribution in [0, 0.1) is 47.9 Å². The van der Waals surface area contributed by atoms with Crippen LogP contribution in [0.25, 0.3) is 12.2 Å². The third-order valence-corrected chi connectivity index (χ3v) is 13.3. The Balaban J connectivity index is 0.000000207. The Labute approximate surface area is 648 Å². The second-order valence-electron chi connectivity index (χ2n) is 21.9. The van der Waals surface area contributed by atoms with E-state index in [0.717, 1.165) is 34.8 Å². The molecule has 12 aromatic rings. The molecular weight excluding hydrogens is 1450 g/mol. The number of benzene rings is 5. The van der Waals surface area contributed by atoms with Crippen LogP contribution >= 0.6 is 0 Å². The SMILES string of the molecule is C#CC(=O)c1ccc(COc2ccccc2)o1.C=CC(=O)c1ccc(COc2ccccc2)o1.CC(=O)C#Cc1ccc(COc2ccccc2)o1.COC(=O)C#Cc1ccc(COc2ccccc2)o1.NC(=O)/C=C/c1ccc(CO)o1.NC(=O)C#Cc1ccc(COc2ccccc2)o1.O=C(O)/C=C/c1ccc(CO)o1. The van der Waals surface area contributed by atoms with Gasteiger partial charge in [-0.3, -0.25) is 24.0 Å². The monoisotopic (exact) mass is 1530 g/mol. The molecule has 25 nitrogen and oxygen atoms in total. The second-order valence-corrected chi connectivity index (χ2v) is 21.9. The van der Waals surface area contributed by atoms with Gasteiger partial charge in [-0.1, -0.05) is 97.6 Å². The average Bonchev–Trinajstić information content (AvgIpc) is 1.81. The summed E-state index contributed by atoms with van der Waals surface area (Å²) in [5.74, 6) is 23.3. The number of ether oxygens (including phenoxy) is 6. The molecule has 0 aliphatic rings. The van der Waals surface area contributed by atoms with Crippen LogP contribution < -0.4 is 35.2 Å². The number of nitrogens with two attached hydrogens (primary N) is 2. The minimum Gasteiger partial charge on any atom is -0.486 e. The van der Waals surface area contributed by atoms with Crippen molar-refractivity contribution < 1.29 is 108 Å². The van der Waals surface area contributed by atoms with Crippen molar-refractivity contribution in [3.63, 3.8) is 0 Å². The fourth-order valence-electron chi connectivity index (χ4n) is 8.15. The molecule has 574 valence electrons. The average molecular weight is 1530 g/mol. The van der Waals surface area contributed by atoms with Crippen molar-refractivity contribution in [3.05, 3.63) is 342 Å². The smallest absolute Gasteiger partial charge is 0.384 e. The van der Waals surface area contributed by atoms with E-state index in [1.54, 1.807) is 84.9 Å². The predicted molar refractivity (Wildman–Crippen MR) is 412 cm³/mol. The zero-order chi connectivity index (χ0) is 81.2. The van der Waals surface area contributed by atoms with Gasteiger partial charge in [0.05, 0.1) is 7.11 Å². The zero-order valence-electron chi connectivity index (χ0n) is 60.8. The van der Waals surface area contributed by atoms with Crippen LogP contribution in [-0.2, 0) is 75.0 Å². The Morgan fingerprint density at radius 3 is 1.06 bits per heavy atom. The number of primary amides is 2. The van der Waals surface area contributed by atoms with E-state index in [2.05, 4.69) is 46.8 Å². The minimum absolute atomic E-state index is 0.148. The number of carboxylic acid groups (broad SMARTS) is 1. The minimum atomic E-state index is -1.03. The van der Waals surface area contributed by atoms with Gasteiger partial charge in [0.2, 0.25) is 17.5 Å². The van der Waals surface area contributed by atoms with Gasteiger partial charge < -0.3 is 86.1 Å². The number of aliphatic hydroxyl groups is 2. The number of hydrogen-bond donors (Lipinski definition) is 5. The molecule has 113 heavy (non-hydrogen) atoms. The van der Waals surface area contributed by atoms with Crippen molar-refractivity contribution in [1.29, 1.82) is 0 Å². The fraction of sp³-hybridized carbons (Fsp3) is 0.102. The molecule has 0 unspecified atom stereocenters. The molecule has 0 aliphatic heterocycles. The van der Waals surface area contributed by atoms with Crippen LogP contribution in [0.15, 0.2) is 292 Å². The molecule has 7 aromatic heterocycles. The summed E-state index contributed by atoms with van der Waals surface area (Å²) in [6.45, 7) is 6.01. The molecular formula is C88H74N2O23. The fourth-order valence-corrected chi connectivity index (χ4v) is 8.15. The molecule has 0 saturated carbocycles. The van der Waals surface area contributed by atoms with Crippen LogP contribution in [0.5, 0.6) is 28.7 Å². The van der Waals surface area contributed by atoms with Gasteiger partial charge in [0, 0.05) is 30.9 Å². The van der Waals surface area contributed by atoms with Crippen molar-refractivity contribution in [2.75, 3.05) is 7.11 Å². The molecule has 0 atom stereocenters. The first kappa shape index (κ1) is 86.3. The Kier molecular flexibility index (Phi) is 37.6. The van der Waals surface area contributed by atoms with E-state index < -0.39 is 29.5 Å². The maximum absolute atomic E-state index is 11.2. The number of carbonyl (C=O) groups excluding carboxylic acids is 6. The Bertz CT molecular complexity index is 5090. The van der Waals surface area contributed by atoms with E-state index in [9.17, 15) is 33.6 Å². The molecule has 0 aliphatic carbocycles. The molecule has 0 bridgehead atoms. The van der Waals surface area contributed by atoms with E-state index in [0.29, 0.717) is 95.6 Å². The van der Waals surface area contributed by atoms with Crippen LogP contribution in [-0.4, -0.2) is 63.5 Å². The third kappa shape index (κ3) is 35.5. The van der Waals surface area contributed by atoms with E-state index in [-0.39, 0.29) is 42.9 Å². The molecule has 0 spiro atoms. The van der Waals surface area contributed by atoms with E-state index in [1.807, 2.05) is 158 Å². The number of hydrogen-bond acceptors (Lipinski definition) is 22. The van der Waals surface area contributed by atoms with Gasteiger partial charge in [-0.15, -0.1) is 6.42 Å². The number of amides is 2. The summed E-state index contributed by atoms with van der Waals surface area (Å²) in [5.41, 5.74) is 9.77. The summed E-state index contributed by atoms with van der Waals surface area (Å²) >= 11 is 0. The molecule has 0 fully saturated rings. The maximum Gasteiger partial charge on any atom is 0.384 e. The summed E-state index contributed by atoms with van der Waals surface area (Å²) in [4.78, 5) is 74.8. The number of methoxy groups -OCH3 is 1. The van der Waals surface area contributed by atoms with Gasteiger partial charge in [-0.05, 0) is 193 Å². The number of terminal acetylenes is 1. The topological polar surface area (TPSA) is 380 Å². The summed E-state index contributed by atoms with van der Waals surface area (Å²) in [6.07, 6.45) is 11.1. The first-order valence-corrected chi connectivity index (χ1v) is 33.5. The number of para-hydroxylation sites is 5. The molecule has 0 radical (unpaired) electrons. The van der Waals surface area contributed by atoms with Crippen LogP contribution in [0.2, 0.25) is 0 Å². The van der Waals surface area contributed by atoms with Gasteiger partial charge >= 0.3 is 11.9 Å². The van der Waals surface area contributed by atoms with Crippen LogP contribution in [0.3, 0.4) is 0 Å². The number of Topliss-reactive ketones (excluding diaryl/α,β-unsaturated/α-hetero) is 2. The summed E-state index contributed by atoms with van der Waals surface area (Å²) in [6, 6.07) is 70.5. The van der Waals surface area contributed by atoms with Crippen molar-refractivity contribution >= 4 is 53.3 Å². The highest BCUT2D eigenvalue weighted by molar-refractivity contribution is 6.06. The van der Waals surface area contributed by atoms with Crippen molar-refractivity contribution in [2.24, 2.45) is 11.5 Å². The standard InChI is InChI=1S/C15H12O4.C15H12O3.C14H11NO3.C14H12O3.C14H10O3.C8H9NO3.C8H8O4/c1-17-15(16)10-9-13-7-8-14(19-13)11-18-12-5-3-2-4-6-12;1-12(16)7-8-14-9-10-15(18-14)11-17-13-5-3-2-4-6-13;15-14(16)9-8-12-6-7-13(18-12)10-17-11-4-2-1-3-5-11;2*1-2-13(15)14-9-8-12(17-14)10-16-11-6-4-3-5-7-11;9-8(11)4-3-6-1-2-7(5-10)12-6;9-5-7-2-1-6(12-7)3-4-8(10)11/h2-8H,11H2,1H3;2-6,9-10H,11H2,1H3;1-7H,10H2,(H2,15,16);2-9H,1,10H2;1,3-9H,10H2;1-4,10H,5H2,(H2,9,11);1-4,9H,5H2,(H,10,11)/b;;;;;2*4-3+. The number of ketones is 3. The normalized spacial score (nSPS) is 9.76. The number of carbonyl (C=O) groups is 7. The summed E-state index contributed by atoms with van der Waals surface area (Å²) < 4.78 is 68.6. The van der Waals surface area contributed by atoms with Crippen molar-refractivity contribution in [3.8, 4) is 76.6 Å². The highest BCUT2D eigenvalue weighted by atomic mass is 16.5. The van der Waals surface area contributed by atoms with E-state index >= 15 is 0 Å². The molecule has 25 heteroatoms. The van der Waals surface area contributed by atoms with Gasteiger partial charge in [-0.2, -0.15) is 0 Å². The second kappa shape index (κ2) is 49.2. The lowest BCUT2D eigenvalue weighted by Gasteiger charge is -2.02. The molecule has 2 amide bonds. The quantitative estimate of drug-likeness (QED) is 0.0123. The molecule has 5 aromatic carbocycles. The summed E-state index contributed by atoms with van der Waals surface area (Å²) in [5, 5.41) is 25.5. The van der Waals surface area contributed by atoms with Crippen molar-refractivity contribution in [2.45, 2.75) is 53.2 Å². The Morgan fingerprint density at radius 2 is 0.743 bits per heavy atom. The van der Waals surface area contributed by atoms with Crippen molar-refractivity contribution in [1.82, 2.24) is 0 Å². The molecule has 12 rings (SSSR count). The number of aliphatic carboxylic acids is 1. The van der Waals surface area contributed by atoms with E-state index in [1.165, 1.54) is 38.3 Å². The Hall–Kier alpha value is -15.7. The van der Waals surface area contributed by atoms with Gasteiger partial charge in [0.25, 0.3) is 11.7 Å². The largest absolute Gasteiger partial charge is 0.486 e. The zero-order valence-corrected chi connectivity index (χ0v) is 60.8. The number of carboxylic acids is 1. The molecule has 0 saturated heterocycles. The van der Waals surface area contributed by atoms with E-state index in [4.69, 9.17) is 87.8 Å². The lowest BCUT2D eigenvalue weighted by molar-refractivity contribution is -0.134. The highest BCUT2D eigenvalue weighted by Crippen LogP contribution is 2.20. The number of furan rings is 7. The van der Waals surface area contributed by atoms with Crippen LogP contribution in [0.4, 0.5) is 0 Å². The first-order valence-electron chi connectivity index (χ1n) is 33.5. The molecule has 7 heterocycles.